The summed E-state index contributed by atoms with van der Waals surface area (Å²) in [4.78, 5) is 14.6. The van der Waals surface area contributed by atoms with E-state index in [1.165, 1.54) is 0 Å². The Morgan fingerprint density at radius 3 is 1.87 bits per heavy atom. The molecule has 0 N–H and O–H groups in total. The third-order valence-corrected chi connectivity index (χ3v) is 8.21. The Hall–Kier alpha value is -6.13. The molecule has 45 heavy (non-hydrogen) atoms. The number of furan rings is 1. The largest absolute Gasteiger partial charge is 0.455 e. The summed E-state index contributed by atoms with van der Waals surface area (Å²) in [5.41, 5.74) is 4.60. The Balaban J connectivity index is 1.34. The molecule has 0 saturated heterocycles. The lowest BCUT2D eigenvalue weighted by Crippen LogP contribution is -2.01. The molecule has 0 aliphatic carbocycles. The molecular formula is C41H25N3O. The minimum Gasteiger partial charge on any atom is -0.455 e. The second kappa shape index (κ2) is 10.2. The molecule has 0 bridgehead atoms. The molecule has 0 fully saturated rings. The van der Waals surface area contributed by atoms with Gasteiger partial charge in [0, 0.05) is 21.9 Å². The van der Waals surface area contributed by atoms with Gasteiger partial charge in [-0.15, -0.1) is 0 Å². The van der Waals surface area contributed by atoms with Crippen LogP contribution in [-0.4, -0.2) is 15.0 Å². The highest BCUT2D eigenvalue weighted by atomic mass is 16.3. The van der Waals surface area contributed by atoms with Crippen LogP contribution in [0.5, 0.6) is 0 Å². The predicted octanol–water partition coefficient (Wildman–Crippen LogP) is 10.7. The number of fused-ring (bicyclic) bond motifs is 5. The molecule has 2 aromatic heterocycles. The van der Waals surface area contributed by atoms with Gasteiger partial charge in [0.25, 0.3) is 0 Å². The Morgan fingerprint density at radius 1 is 0.444 bits per heavy atom. The third kappa shape index (κ3) is 4.27. The van der Waals surface area contributed by atoms with Gasteiger partial charge in [0.15, 0.2) is 17.5 Å². The van der Waals surface area contributed by atoms with E-state index in [1.54, 1.807) is 0 Å². The number of benzene rings is 7. The van der Waals surface area contributed by atoms with Gasteiger partial charge in [0.2, 0.25) is 0 Å². The summed E-state index contributed by atoms with van der Waals surface area (Å²) in [6.45, 7) is 0. The minimum atomic E-state index is -0.486. The number of para-hydroxylation sites is 1. The minimum absolute atomic E-state index is 0.0305. The SMILES string of the molecule is [2H]c1c([2H])c([2H])c(-c2nc(-c3ccc(-c4ccccc4)c4ccccc34)nc(-c3cccc4c3oc3cc5ccccc5cc34)n2)c([2H])c1[2H]. The maximum Gasteiger partial charge on any atom is 0.167 e. The number of hydrogen-bond acceptors (Lipinski definition) is 4. The lowest BCUT2D eigenvalue weighted by Gasteiger charge is -2.13. The molecule has 9 aromatic rings. The van der Waals surface area contributed by atoms with Gasteiger partial charge in [0.05, 0.1) is 12.4 Å². The van der Waals surface area contributed by atoms with Crippen molar-refractivity contribution in [3.05, 3.63) is 152 Å². The maximum absolute atomic E-state index is 8.76. The molecule has 0 saturated carbocycles. The molecule has 4 heteroatoms. The fraction of sp³-hybridized carbons (Fsp3) is 0. The van der Waals surface area contributed by atoms with E-state index in [2.05, 4.69) is 30.3 Å². The predicted molar refractivity (Wildman–Crippen MR) is 184 cm³/mol. The highest BCUT2D eigenvalue weighted by Gasteiger charge is 2.19. The zero-order valence-corrected chi connectivity index (χ0v) is 23.8. The van der Waals surface area contributed by atoms with Gasteiger partial charge in [-0.25, -0.2) is 15.0 Å². The van der Waals surface area contributed by atoms with E-state index < -0.39 is 30.2 Å². The van der Waals surface area contributed by atoms with E-state index >= 15 is 0 Å². The maximum atomic E-state index is 8.76. The Morgan fingerprint density at radius 2 is 1.07 bits per heavy atom. The van der Waals surface area contributed by atoms with Crippen LogP contribution in [0, 0.1) is 0 Å². The Kier molecular flexibility index (Phi) is 4.72. The normalized spacial score (nSPS) is 13.1. The van der Waals surface area contributed by atoms with Crippen molar-refractivity contribution in [2.45, 2.75) is 0 Å². The van der Waals surface area contributed by atoms with Gasteiger partial charge in [-0.05, 0) is 56.9 Å². The first-order valence-electron chi connectivity index (χ1n) is 17.1. The smallest absolute Gasteiger partial charge is 0.167 e. The molecule has 210 valence electrons. The molecule has 9 rings (SSSR count). The second-order valence-electron chi connectivity index (χ2n) is 10.9. The topological polar surface area (TPSA) is 51.8 Å². The average Bonchev–Trinajstić information content (AvgIpc) is 3.52. The van der Waals surface area contributed by atoms with Gasteiger partial charge in [-0.1, -0.05) is 127 Å². The van der Waals surface area contributed by atoms with Gasteiger partial charge in [0.1, 0.15) is 11.2 Å². The standard InChI is InChI=1S/C41H25N3O/c1-3-12-26(13-4-1)30-22-23-34(32-19-10-9-18-31(30)32)40-42-39(27-14-5-2-6-15-27)43-41(44-40)35-21-11-20-33-36-24-28-16-7-8-17-29(28)25-37(36)45-38(33)35/h1-25H/i2D,5D,6D,14D,15D. The van der Waals surface area contributed by atoms with Crippen LogP contribution in [0.2, 0.25) is 0 Å². The van der Waals surface area contributed by atoms with Crippen molar-refractivity contribution < 1.29 is 11.3 Å². The van der Waals surface area contributed by atoms with Crippen LogP contribution in [0.3, 0.4) is 0 Å². The first-order valence-corrected chi connectivity index (χ1v) is 14.6. The van der Waals surface area contributed by atoms with Crippen LogP contribution in [-0.2, 0) is 0 Å². The first-order chi connectivity index (χ1) is 24.4. The molecule has 4 nitrogen and oxygen atoms in total. The van der Waals surface area contributed by atoms with Crippen LogP contribution in [0.1, 0.15) is 6.85 Å². The van der Waals surface area contributed by atoms with E-state index in [9.17, 15) is 0 Å². The summed E-state index contributed by atoms with van der Waals surface area (Å²) in [6, 6.07) is 37.9. The van der Waals surface area contributed by atoms with E-state index in [4.69, 9.17) is 26.2 Å². The van der Waals surface area contributed by atoms with Gasteiger partial charge < -0.3 is 4.42 Å². The summed E-state index contributed by atoms with van der Waals surface area (Å²) >= 11 is 0. The molecule has 7 aromatic carbocycles. The Labute approximate surface area is 266 Å². The first kappa shape index (κ1) is 20.7. The second-order valence-corrected chi connectivity index (χ2v) is 10.9. The van der Waals surface area contributed by atoms with E-state index in [1.807, 2.05) is 91.0 Å². The lowest BCUT2D eigenvalue weighted by atomic mass is 9.94. The van der Waals surface area contributed by atoms with Crippen molar-refractivity contribution in [1.82, 2.24) is 15.0 Å². The molecule has 0 atom stereocenters. The molecule has 0 unspecified atom stereocenters. The molecule has 0 spiro atoms. The van der Waals surface area contributed by atoms with E-state index in [0.717, 1.165) is 43.4 Å². The number of nitrogens with zero attached hydrogens (tertiary/aromatic N) is 3. The van der Waals surface area contributed by atoms with Crippen molar-refractivity contribution in [2.24, 2.45) is 0 Å². The molecule has 2 heterocycles. The monoisotopic (exact) mass is 580 g/mol. The highest BCUT2D eigenvalue weighted by Crippen LogP contribution is 2.39. The highest BCUT2D eigenvalue weighted by molar-refractivity contribution is 6.13. The zero-order valence-electron chi connectivity index (χ0n) is 28.8. The van der Waals surface area contributed by atoms with Gasteiger partial charge in [-0.3, -0.25) is 0 Å². The summed E-state index contributed by atoms with van der Waals surface area (Å²) in [6.07, 6.45) is 0. The quantitative estimate of drug-likeness (QED) is 0.208. The molecule has 0 radical (unpaired) electrons. The van der Waals surface area contributed by atoms with Crippen molar-refractivity contribution in [3.8, 4) is 45.3 Å². The van der Waals surface area contributed by atoms with Crippen molar-refractivity contribution in [3.63, 3.8) is 0 Å². The lowest BCUT2D eigenvalue weighted by molar-refractivity contribution is 0.670. The molecule has 0 amide bonds. The summed E-state index contributed by atoms with van der Waals surface area (Å²) in [5.74, 6) is 0.519. The van der Waals surface area contributed by atoms with E-state index in [-0.39, 0.29) is 17.2 Å². The van der Waals surface area contributed by atoms with Crippen molar-refractivity contribution >= 4 is 43.5 Å². The van der Waals surface area contributed by atoms with Crippen LogP contribution >= 0.6 is 0 Å². The molecular weight excluding hydrogens is 550 g/mol. The molecule has 0 aliphatic rings. The van der Waals surface area contributed by atoms with E-state index in [0.29, 0.717) is 28.1 Å². The van der Waals surface area contributed by atoms with Crippen LogP contribution in [0.25, 0.3) is 88.8 Å². The Bertz CT molecular complexity index is 2810. The fourth-order valence-corrected chi connectivity index (χ4v) is 6.11. The van der Waals surface area contributed by atoms with Crippen LogP contribution < -0.4 is 0 Å². The fourth-order valence-electron chi connectivity index (χ4n) is 6.11. The molecule has 0 aliphatic heterocycles. The summed E-state index contributed by atoms with van der Waals surface area (Å²) in [7, 11) is 0. The van der Waals surface area contributed by atoms with Gasteiger partial charge in [-0.2, -0.15) is 0 Å². The number of hydrogen-bond donors (Lipinski definition) is 0. The average molecular weight is 581 g/mol. The number of rotatable bonds is 4. The third-order valence-electron chi connectivity index (χ3n) is 8.21. The van der Waals surface area contributed by atoms with Crippen LogP contribution in [0.15, 0.2) is 156 Å². The van der Waals surface area contributed by atoms with Crippen molar-refractivity contribution in [1.29, 1.82) is 0 Å². The van der Waals surface area contributed by atoms with Crippen molar-refractivity contribution in [2.75, 3.05) is 0 Å². The zero-order chi connectivity index (χ0) is 34.1. The number of aromatic nitrogens is 3. The summed E-state index contributed by atoms with van der Waals surface area (Å²) in [5, 5.41) is 5.86. The van der Waals surface area contributed by atoms with Crippen LogP contribution in [0.4, 0.5) is 0 Å². The van der Waals surface area contributed by atoms with Gasteiger partial charge >= 0.3 is 0 Å². The summed E-state index contributed by atoms with van der Waals surface area (Å²) < 4.78 is 48.9.